The monoisotopic (exact) mass is 358 g/mol. The number of halogens is 2. The Balaban J connectivity index is 0.00000242. The molecule has 128 valence electrons. The third kappa shape index (κ3) is 6.22. The molecule has 0 aliphatic carbocycles. The van der Waals surface area contributed by atoms with E-state index in [2.05, 4.69) is 17.2 Å². The number of rotatable bonds is 7. The fourth-order valence-corrected chi connectivity index (χ4v) is 2.16. The van der Waals surface area contributed by atoms with E-state index in [1.165, 1.54) is 0 Å². The van der Waals surface area contributed by atoms with Gasteiger partial charge >= 0.3 is 0 Å². The zero-order valence-corrected chi connectivity index (χ0v) is 14.8. The molecule has 0 saturated heterocycles. The fraction of sp³-hybridized carbons (Fsp3) is 0.375. The van der Waals surface area contributed by atoms with Crippen molar-refractivity contribution in [1.29, 1.82) is 0 Å². The lowest BCUT2D eigenvalue weighted by molar-refractivity contribution is 0.0936. The van der Waals surface area contributed by atoms with E-state index in [1.807, 2.05) is 35.0 Å². The number of imidazole rings is 1. The second-order valence-corrected chi connectivity index (χ2v) is 5.07. The molecule has 1 heterocycles. The highest BCUT2D eigenvalue weighted by molar-refractivity contribution is 5.94. The molecule has 1 aromatic carbocycles. The summed E-state index contributed by atoms with van der Waals surface area (Å²) in [5.74, 6) is -0.0706. The normalized spacial score (nSPS) is 11.0. The number of carbonyl (C=O) groups is 1. The summed E-state index contributed by atoms with van der Waals surface area (Å²) in [6.07, 6.45) is 8.41. The summed E-state index contributed by atoms with van der Waals surface area (Å²) in [6, 6.07) is 7.49. The molecule has 0 radical (unpaired) electrons. The third-order valence-corrected chi connectivity index (χ3v) is 3.46. The Kier molecular flexibility index (Phi) is 10.3. The SMILES string of the molecule is CCCCC(CN)NC(=O)c1ccc(-n2ccnc2)cc1.Cl.Cl. The fourth-order valence-electron chi connectivity index (χ4n) is 2.16. The first-order valence-corrected chi connectivity index (χ1v) is 7.34. The van der Waals surface area contributed by atoms with E-state index in [9.17, 15) is 4.79 Å². The smallest absolute Gasteiger partial charge is 0.251 e. The van der Waals surface area contributed by atoms with E-state index in [4.69, 9.17) is 5.73 Å². The van der Waals surface area contributed by atoms with Crippen LogP contribution in [0.4, 0.5) is 0 Å². The molecule has 0 bridgehead atoms. The predicted octanol–water partition coefficient (Wildman–Crippen LogP) is 2.96. The van der Waals surface area contributed by atoms with Crippen molar-refractivity contribution in [3.63, 3.8) is 0 Å². The molecule has 0 saturated carbocycles. The third-order valence-electron chi connectivity index (χ3n) is 3.46. The van der Waals surface area contributed by atoms with Gasteiger partial charge in [-0.2, -0.15) is 0 Å². The number of nitrogens with one attached hydrogen (secondary N) is 1. The molecular weight excluding hydrogens is 335 g/mol. The van der Waals surface area contributed by atoms with E-state index >= 15 is 0 Å². The van der Waals surface area contributed by atoms with E-state index in [-0.39, 0.29) is 36.8 Å². The molecule has 1 aromatic heterocycles. The van der Waals surface area contributed by atoms with E-state index < -0.39 is 0 Å². The van der Waals surface area contributed by atoms with E-state index in [0.717, 1.165) is 24.9 Å². The molecule has 0 spiro atoms. The number of hydrogen-bond acceptors (Lipinski definition) is 3. The number of carbonyl (C=O) groups excluding carboxylic acids is 1. The maximum Gasteiger partial charge on any atom is 0.251 e. The second-order valence-electron chi connectivity index (χ2n) is 5.07. The van der Waals surface area contributed by atoms with Crippen molar-refractivity contribution in [3.8, 4) is 5.69 Å². The average molecular weight is 359 g/mol. The summed E-state index contributed by atoms with van der Waals surface area (Å²) >= 11 is 0. The molecule has 2 rings (SSSR count). The Morgan fingerprint density at radius 1 is 1.30 bits per heavy atom. The minimum atomic E-state index is -0.0706. The summed E-state index contributed by atoms with van der Waals surface area (Å²) in [7, 11) is 0. The van der Waals surface area contributed by atoms with Crippen LogP contribution >= 0.6 is 24.8 Å². The number of hydrogen-bond donors (Lipinski definition) is 2. The van der Waals surface area contributed by atoms with Crippen LogP contribution in [-0.2, 0) is 0 Å². The minimum absolute atomic E-state index is 0. The Morgan fingerprint density at radius 2 is 2.00 bits per heavy atom. The van der Waals surface area contributed by atoms with Gasteiger partial charge in [0.05, 0.1) is 6.33 Å². The lowest BCUT2D eigenvalue weighted by Crippen LogP contribution is -2.40. The highest BCUT2D eigenvalue weighted by Gasteiger charge is 2.12. The van der Waals surface area contributed by atoms with E-state index in [0.29, 0.717) is 12.1 Å². The predicted molar refractivity (Wildman–Crippen MR) is 97.9 cm³/mol. The van der Waals surface area contributed by atoms with Crippen molar-refractivity contribution in [2.24, 2.45) is 5.73 Å². The van der Waals surface area contributed by atoms with Crippen LogP contribution in [-0.4, -0.2) is 28.0 Å². The largest absolute Gasteiger partial charge is 0.348 e. The topological polar surface area (TPSA) is 72.9 Å². The van der Waals surface area contributed by atoms with Crippen LogP contribution in [0.3, 0.4) is 0 Å². The van der Waals surface area contributed by atoms with Gasteiger partial charge in [-0.15, -0.1) is 24.8 Å². The maximum atomic E-state index is 12.2. The highest BCUT2D eigenvalue weighted by atomic mass is 35.5. The van der Waals surface area contributed by atoms with Crippen molar-refractivity contribution in [3.05, 3.63) is 48.5 Å². The maximum absolute atomic E-state index is 12.2. The van der Waals surface area contributed by atoms with Crippen molar-refractivity contribution in [2.45, 2.75) is 32.2 Å². The first kappa shape index (κ1) is 21.4. The highest BCUT2D eigenvalue weighted by Crippen LogP contribution is 2.10. The molecule has 7 heteroatoms. The average Bonchev–Trinajstić information content (AvgIpc) is 3.05. The van der Waals surface area contributed by atoms with Crippen LogP contribution in [0.2, 0.25) is 0 Å². The quantitative estimate of drug-likeness (QED) is 0.798. The molecule has 2 aromatic rings. The van der Waals surface area contributed by atoms with Crippen molar-refractivity contribution in [2.75, 3.05) is 6.54 Å². The van der Waals surface area contributed by atoms with Crippen molar-refractivity contribution < 1.29 is 4.79 Å². The zero-order valence-electron chi connectivity index (χ0n) is 13.1. The Bertz CT molecular complexity index is 558. The van der Waals surface area contributed by atoms with Gasteiger partial charge in [-0.3, -0.25) is 4.79 Å². The van der Waals surface area contributed by atoms with Crippen LogP contribution in [0, 0.1) is 0 Å². The van der Waals surface area contributed by atoms with Crippen LogP contribution in [0.15, 0.2) is 43.0 Å². The van der Waals surface area contributed by atoms with Crippen LogP contribution in [0.1, 0.15) is 36.5 Å². The summed E-state index contributed by atoms with van der Waals surface area (Å²) in [5, 5.41) is 2.99. The van der Waals surface area contributed by atoms with Gasteiger partial charge in [-0.1, -0.05) is 19.8 Å². The van der Waals surface area contributed by atoms with Gasteiger partial charge in [0.1, 0.15) is 0 Å². The molecular formula is C16H24Cl2N4O. The Morgan fingerprint density at radius 3 is 2.52 bits per heavy atom. The number of amides is 1. The van der Waals surface area contributed by atoms with E-state index in [1.54, 1.807) is 12.5 Å². The number of aromatic nitrogens is 2. The molecule has 3 N–H and O–H groups in total. The van der Waals surface area contributed by atoms with Crippen molar-refractivity contribution >= 4 is 30.7 Å². The van der Waals surface area contributed by atoms with Gasteiger partial charge in [0.15, 0.2) is 0 Å². The minimum Gasteiger partial charge on any atom is -0.348 e. The molecule has 0 aliphatic rings. The molecule has 1 amide bonds. The van der Waals surface area contributed by atoms with Crippen LogP contribution < -0.4 is 11.1 Å². The molecule has 0 fully saturated rings. The van der Waals surface area contributed by atoms with Gasteiger partial charge in [0.25, 0.3) is 5.91 Å². The molecule has 1 atom stereocenters. The van der Waals surface area contributed by atoms with Gasteiger partial charge in [0, 0.05) is 36.2 Å². The zero-order chi connectivity index (χ0) is 15.1. The summed E-state index contributed by atoms with van der Waals surface area (Å²) < 4.78 is 1.89. The van der Waals surface area contributed by atoms with Gasteiger partial charge in [-0.25, -0.2) is 4.98 Å². The number of nitrogens with two attached hydrogens (primary N) is 1. The van der Waals surface area contributed by atoms with Gasteiger partial charge in [-0.05, 0) is 30.7 Å². The van der Waals surface area contributed by atoms with Crippen molar-refractivity contribution in [1.82, 2.24) is 14.9 Å². The lowest BCUT2D eigenvalue weighted by atomic mass is 10.1. The molecule has 1 unspecified atom stereocenters. The van der Waals surface area contributed by atoms with Gasteiger partial charge < -0.3 is 15.6 Å². The van der Waals surface area contributed by atoms with Crippen LogP contribution in [0.25, 0.3) is 5.69 Å². The summed E-state index contributed by atoms with van der Waals surface area (Å²) in [6.45, 7) is 2.60. The number of benzene rings is 1. The summed E-state index contributed by atoms with van der Waals surface area (Å²) in [4.78, 5) is 16.2. The second kappa shape index (κ2) is 11.0. The first-order chi connectivity index (χ1) is 10.2. The Labute approximate surface area is 149 Å². The Hall–Kier alpha value is -1.56. The number of nitrogens with zero attached hydrogens (tertiary/aromatic N) is 2. The lowest BCUT2D eigenvalue weighted by Gasteiger charge is -2.16. The summed E-state index contributed by atoms with van der Waals surface area (Å²) in [5.41, 5.74) is 7.33. The molecule has 5 nitrogen and oxygen atoms in total. The van der Waals surface area contributed by atoms with Crippen LogP contribution in [0.5, 0.6) is 0 Å². The number of unbranched alkanes of at least 4 members (excludes halogenated alkanes) is 1. The molecule has 0 aliphatic heterocycles. The van der Waals surface area contributed by atoms with Gasteiger partial charge in [0.2, 0.25) is 0 Å². The standard InChI is InChI=1S/C16H22N4O.2ClH/c1-2-3-4-14(11-17)19-16(21)13-5-7-15(8-6-13)20-10-9-18-12-20;;/h5-10,12,14H,2-4,11,17H2,1H3,(H,19,21);2*1H. The molecule has 23 heavy (non-hydrogen) atoms. The first-order valence-electron chi connectivity index (χ1n) is 7.34.